The molecule has 2 aromatic rings. The molecule has 0 amide bonds. The predicted molar refractivity (Wildman–Crippen MR) is 69.7 cm³/mol. The lowest BCUT2D eigenvalue weighted by Gasteiger charge is -2.15. The normalized spacial score (nSPS) is 12.9. The summed E-state index contributed by atoms with van der Waals surface area (Å²) in [7, 11) is 1.93. The summed E-state index contributed by atoms with van der Waals surface area (Å²) in [4.78, 5) is 0. The second-order valence-corrected chi connectivity index (χ2v) is 4.67. The van der Waals surface area contributed by atoms with E-state index in [0.717, 1.165) is 28.9 Å². The van der Waals surface area contributed by atoms with E-state index in [1.165, 1.54) is 0 Å². The van der Waals surface area contributed by atoms with Crippen LogP contribution in [0.3, 0.4) is 0 Å². The van der Waals surface area contributed by atoms with Crippen LogP contribution in [0.15, 0.2) is 33.7 Å². The molecule has 1 N–H and O–H groups in total. The second-order valence-electron chi connectivity index (χ2n) is 3.94. The maximum atomic E-state index is 5.29. The van der Waals surface area contributed by atoms with Crippen LogP contribution in [0.2, 0.25) is 0 Å². The summed E-state index contributed by atoms with van der Waals surface area (Å²) >= 11 is 3.42. The topological polar surface area (TPSA) is 43.0 Å². The van der Waals surface area contributed by atoms with Crippen molar-refractivity contribution in [2.24, 2.45) is 7.05 Å². The molecule has 2 aromatic heterocycles. The monoisotopic (exact) mass is 297 g/mol. The van der Waals surface area contributed by atoms with Crippen LogP contribution in [0.1, 0.15) is 24.2 Å². The van der Waals surface area contributed by atoms with Crippen molar-refractivity contribution >= 4 is 15.9 Å². The zero-order chi connectivity index (χ0) is 12.3. The molecular weight excluding hydrogens is 282 g/mol. The number of aryl methyl sites for hydroxylation is 1. The van der Waals surface area contributed by atoms with Crippen LogP contribution in [0, 0.1) is 0 Å². The maximum Gasteiger partial charge on any atom is 0.173 e. The Balaban J connectivity index is 2.15. The summed E-state index contributed by atoms with van der Waals surface area (Å²) in [6, 6.07) is 4.25. The number of nitrogens with zero attached hydrogens (tertiary/aromatic N) is 2. The molecule has 1 atom stereocenters. The summed E-state index contributed by atoms with van der Waals surface area (Å²) in [5, 5.41) is 7.85. The molecule has 0 radical (unpaired) electrons. The molecule has 4 nitrogen and oxygen atoms in total. The number of aromatic nitrogens is 2. The molecule has 1 unspecified atom stereocenters. The van der Waals surface area contributed by atoms with Crippen molar-refractivity contribution in [3.05, 3.63) is 40.5 Å². The quantitative estimate of drug-likeness (QED) is 0.923. The Morgan fingerprint density at radius 2 is 2.35 bits per heavy atom. The van der Waals surface area contributed by atoms with E-state index in [9.17, 15) is 0 Å². The van der Waals surface area contributed by atoms with Crippen LogP contribution >= 0.6 is 15.9 Å². The first-order valence-electron chi connectivity index (χ1n) is 5.65. The van der Waals surface area contributed by atoms with Gasteiger partial charge in [-0.2, -0.15) is 5.10 Å². The predicted octanol–water partition coefficient (Wildman–Crippen LogP) is 2.67. The molecule has 0 aliphatic rings. The number of hydrogen-bond donors (Lipinski definition) is 1. The van der Waals surface area contributed by atoms with E-state index in [2.05, 4.69) is 33.3 Å². The largest absolute Gasteiger partial charge is 0.457 e. The van der Waals surface area contributed by atoms with Gasteiger partial charge in [-0.25, -0.2) is 0 Å². The van der Waals surface area contributed by atoms with Crippen molar-refractivity contribution in [1.82, 2.24) is 15.1 Å². The number of furan rings is 1. The van der Waals surface area contributed by atoms with Gasteiger partial charge in [0.2, 0.25) is 0 Å². The summed E-state index contributed by atoms with van der Waals surface area (Å²) in [6.07, 6.45) is 4.51. The number of hydrogen-bond acceptors (Lipinski definition) is 3. The highest BCUT2D eigenvalue weighted by Gasteiger charge is 2.17. The average molecular weight is 298 g/mol. The van der Waals surface area contributed by atoms with Gasteiger partial charge in [0.05, 0.1) is 12.0 Å². The van der Waals surface area contributed by atoms with Crippen LogP contribution in [0.4, 0.5) is 0 Å². The van der Waals surface area contributed by atoms with Gasteiger partial charge in [0, 0.05) is 31.3 Å². The van der Waals surface area contributed by atoms with E-state index in [0.29, 0.717) is 0 Å². The van der Waals surface area contributed by atoms with Gasteiger partial charge in [-0.15, -0.1) is 0 Å². The molecule has 0 spiro atoms. The lowest BCUT2D eigenvalue weighted by atomic mass is 10.1. The van der Waals surface area contributed by atoms with Gasteiger partial charge in [-0.3, -0.25) is 4.68 Å². The summed E-state index contributed by atoms with van der Waals surface area (Å²) in [5.74, 6) is 0. The Hall–Kier alpha value is -1.07. The Bertz CT molecular complexity index is 478. The molecule has 0 fully saturated rings. The highest BCUT2D eigenvalue weighted by atomic mass is 79.9. The molecule has 2 rings (SSSR count). The van der Waals surface area contributed by atoms with E-state index in [4.69, 9.17) is 4.42 Å². The summed E-state index contributed by atoms with van der Waals surface area (Å²) in [5.41, 5.74) is 2.21. The van der Waals surface area contributed by atoms with Crippen LogP contribution in [-0.4, -0.2) is 16.3 Å². The fourth-order valence-corrected chi connectivity index (χ4v) is 2.39. The van der Waals surface area contributed by atoms with E-state index in [1.54, 1.807) is 6.26 Å². The van der Waals surface area contributed by atoms with Gasteiger partial charge in [-0.05, 0) is 34.6 Å². The molecular formula is C12H16BrN3O. The van der Waals surface area contributed by atoms with Crippen molar-refractivity contribution in [3.8, 4) is 0 Å². The fourth-order valence-electron chi connectivity index (χ4n) is 1.87. The number of likely N-dealkylation sites (N-methyl/N-ethyl adjacent to an activating group) is 1. The molecule has 0 saturated carbocycles. The van der Waals surface area contributed by atoms with Crippen LogP contribution in [-0.2, 0) is 13.5 Å². The van der Waals surface area contributed by atoms with E-state index >= 15 is 0 Å². The smallest absolute Gasteiger partial charge is 0.173 e. The molecule has 0 aliphatic heterocycles. The molecule has 0 bridgehead atoms. The standard InChI is InChI=1S/C12H16BrN3O/c1-3-14-11(10-5-7-17-12(10)13)8-9-4-6-16(2)15-9/h4-7,11,14H,3,8H2,1-2H3. The Labute approximate surface area is 109 Å². The maximum absolute atomic E-state index is 5.29. The highest BCUT2D eigenvalue weighted by molar-refractivity contribution is 9.10. The van der Waals surface area contributed by atoms with Gasteiger partial charge in [-0.1, -0.05) is 6.92 Å². The third-order valence-corrected chi connectivity index (χ3v) is 3.30. The summed E-state index contributed by atoms with van der Waals surface area (Å²) < 4.78 is 7.90. The minimum Gasteiger partial charge on any atom is -0.457 e. The minimum absolute atomic E-state index is 0.225. The van der Waals surface area contributed by atoms with Gasteiger partial charge in [0.1, 0.15) is 0 Å². The van der Waals surface area contributed by atoms with E-state index in [1.807, 2.05) is 30.1 Å². The fraction of sp³-hybridized carbons (Fsp3) is 0.417. The van der Waals surface area contributed by atoms with Gasteiger partial charge < -0.3 is 9.73 Å². The average Bonchev–Trinajstić information content (AvgIpc) is 2.87. The van der Waals surface area contributed by atoms with Crippen molar-refractivity contribution < 1.29 is 4.42 Å². The molecule has 0 saturated heterocycles. The van der Waals surface area contributed by atoms with Gasteiger partial charge in [0.15, 0.2) is 4.67 Å². The Kier molecular flexibility index (Phi) is 4.02. The highest BCUT2D eigenvalue weighted by Crippen LogP contribution is 2.26. The minimum atomic E-state index is 0.225. The second kappa shape index (κ2) is 5.51. The zero-order valence-electron chi connectivity index (χ0n) is 9.98. The lowest BCUT2D eigenvalue weighted by Crippen LogP contribution is -2.23. The molecule has 0 aromatic carbocycles. The van der Waals surface area contributed by atoms with E-state index < -0.39 is 0 Å². The lowest BCUT2D eigenvalue weighted by molar-refractivity contribution is 0.502. The third kappa shape index (κ3) is 2.98. The van der Waals surface area contributed by atoms with Crippen LogP contribution < -0.4 is 5.32 Å². The summed E-state index contributed by atoms with van der Waals surface area (Å²) in [6.45, 7) is 3.01. The van der Waals surface area contributed by atoms with E-state index in [-0.39, 0.29) is 6.04 Å². The molecule has 5 heteroatoms. The first kappa shape index (κ1) is 12.4. The van der Waals surface area contributed by atoms with Crippen molar-refractivity contribution in [2.45, 2.75) is 19.4 Å². The van der Waals surface area contributed by atoms with Crippen molar-refractivity contribution in [2.75, 3.05) is 6.54 Å². The number of nitrogens with one attached hydrogen (secondary N) is 1. The van der Waals surface area contributed by atoms with Gasteiger partial charge >= 0.3 is 0 Å². The molecule has 92 valence electrons. The van der Waals surface area contributed by atoms with Crippen LogP contribution in [0.25, 0.3) is 0 Å². The third-order valence-electron chi connectivity index (χ3n) is 2.65. The molecule has 17 heavy (non-hydrogen) atoms. The SMILES string of the molecule is CCNC(Cc1ccn(C)n1)c1ccoc1Br. The zero-order valence-corrected chi connectivity index (χ0v) is 11.6. The van der Waals surface area contributed by atoms with Crippen molar-refractivity contribution in [3.63, 3.8) is 0 Å². The number of rotatable bonds is 5. The Morgan fingerprint density at radius 1 is 1.53 bits per heavy atom. The first-order valence-corrected chi connectivity index (χ1v) is 6.44. The Morgan fingerprint density at radius 3 is 2.88 bits per heavy atom. The first-order chi connectivity index (χ1) is 8.20. The van der Waals surface area contributed by atoms with Gasteiger partial charge in [0.25, 0.3) is 0 Å². The molecule has 2 heterocycles. The molecule has 0 aliphatic carbocycles. The number of halogens is 1. The van der Waals surface area contributed by atoms with Crippen LogP contribution in [0.5, 0.6) is 0 Å². The van der Waals surface area contributed by atoms with Crippen molar-refractivity contribution in [1.29, 1.82) is 0 Å².